The van der Waals surface area contributed by atoms with Crippen molar-refractivity contribution in [2.75, 3.05) is 47.3 Å². The third kappa shape index (κ3) is 6.48. The number of likely N-dealkylation sites (N-methyl/N-ethyl adjacent to an activating group) is 1. The Morgan fingerprint density at radius 3 is 2.64 bits per heavy atom. The van der Waals surface area contributed by atoms with Crippen LogP contribution in [0, 0.1) is 5.82 Å². The van der Waals surface area contributed by atoms with Crippen LogP contribution in [0.3, 0.4) is 0 Å². The second-order valence-electron chi connectivity index (χ2n) is 7.50. The van der Waals surface area contributed by atoms with Crippen LogP contribution in [0.2, 0.25) is 0 Å². The lowest BCUT2D eigenvalue weighted by molar-refractivity contribution is -0.133. The molecule has 1 fully saturated rings. The molecule has 0 aromatic heterocycles. The number of aliphatic imine (C=N–C) groups is 1. The number of carbonyl (C=O) groups excluding carboxylic acids is 1. The van der Waals surface area contributed by atoms with Gasteiger partial charge >= 0.3 is 0 Å². The smallest absolute Gasteiger partial charge is 0.239 e. The zero-order chi connectivity index (χ0) is 20.5. The van der Waals surface area contributed by atoms with Gasteiger partial charge in [-0.15, -0.1) is 0 Å². The zero-order valence-electron chi connectivity index (χ0n) is 17.6. The lowest BCUT2D eigenvalue weighted by Gasteiger charge is -2.26. The summed E-state index contributed by atoms with van der Waals surface area (Å²) >= 11 is 0. The van der Waals surface area contributed by atoms with Crippen LogP contribution in [0.15, 0.2) is 29.3 Å². The summed E-state index contributed by atoms with van der Waals surface area (Å²) in [6.45, 7) is 6.07. The van der Waals surface area contributed by atoms with Crippen molar-refractivity contribution >= 4 is 11.9 Å². The fraction of sp³-hybridized carbons (Fsp3) is 0.619. The van der Waals surface area contributed by atoms with Crippen LogP contribution in [0.5, 0.6) is 0 Å². The van der Waals surface area contributed by atoms with Crippen LogP contribution in [-0.2, 0) is 11.3 Å². The molecule has 1 aromatic rings. The number of guanidine groups is 1. The highest BCUT2D eigenvalue weighted by Gasteiger charge is 2.30. The standard InChI is InChI=1S/C21H34FN5O/c1-5-23-21(26(4)16-17-9-11-18(22)12-10-17)24-13-7-15-27-14-6-8-19(27)20(28)25(2)3/h9-12,19H,5-8,13-16H2,1-4H3,(H,23,24). The Bertz CT molecular complexity index is 647. The largest absolute Gasteiger partial charge is 0.357 e. The average Bonchev–Trinajstić information content (AvgIpc) is 3.13. The van der Waals surface area contributed by atoms with E-state index >= 15 is 0 Å². The third-order valence-corrected chi connectivity index (χ3v) is 4.98. The summed E-state index contributed by atoms with van der Waals surface area (Å²) in [5.41, 5.74) is 1.04. The summed E-state index contributed by atoms with van der Waals surface area (Å²) in [5, 5.41) is 3.31. The number of nitrogens with one attached hydrogen (secondary N) is 1. The van der Waals surface area contributed by atoms with Gasteiger partial charge in [-0.05, 0) is 50.4 Å². The number of amides is 1. The van der Waals surface area contributed by atoms with Gasteiger partial charge in [-0.2, -0.15) is 0 Å². The molecule has 0 spiro atoms. The molecule has 7 heteroatoms. The Morgan fingerprint density at radius 1 is 1.29 bits per heavy atom. The van der Waals surface area contributed by atoms with E-state index in [0.717, 1.165) is 50.4 Å². The van der Waals surface area contributed by atoms with Crippen molar-refractivity contribution < 1.29 is 9.18 Å². The normalized spacial score (nSPS) is 17.6. The van der Waals surface area contributed by atoms with Crippen molar-refractivity contribution in [1.82, 2.24) is 20.0 Å². The first-order chi connectivity index (χ1) is 13.4. The molecule has 1 unspecified atom stereocenters. The molecule has 2 rings (SSSR count). The molecule has 1 aliphatic rings. The van der Waals surface area contributed by atoms with Gasteiger partial charge < -0.3 is 15.1 Å². The summed E-state index contributed by atoms with van der Waals surface area (Å²) < 4.78 is 13.1. The van der Waals surface area contributed by atoms with Gasteiger partial charge in [-0.1, -0.05) is 12.1 Å². The number of nitrogens with zero attached hydrogens (tertiary/aromatic N) is 4. The quantitative estimate of drug-likeness (QED) is 0.419. The van der Waals surface area contributed by atoms with Crippen LogP contribution in [0.4, 0.5) is 4.39 Å². The van der Waals surface area contributed by atoms with Crippen molar-refractivity contribution in [3.8, 4) is 0 Å². The lowest BCUT2D eigenvalue weighted by atomic mass is 10.2. The molecule has 1 N–H and O–H groups in total. The monoisotopic (exact) mass is 391 g/mol. The van der Waals surface area contributed by atoms with Gasteiger partial charge in [0.1, 0.15) is 5.82 Å². The molecule has 0 saturated carbocycles. The van der Waals surface area contributed by atoms with Gasteiger partial charge in [0.15, 0.2) is 5.96 Å². The van der Waals surface area contributed by atoms with Crippen LogP contribution < -0.4 is 5.32 Å². The van der Waals surface area contributed by atoms with Crippen LogP contribution >= 0.6 is 0 Å². The van der Waals surface area contributed by atoms with E-state index in [2.05, 4.69) is 10.2 Å². The molecular weight excluding hydrogens is 357 g/mol. The Labute approximate surface area is 168 Å². The molecule has 28 heavy (non-hydrogen) atoms. The Morgan fingerprint density at radius 2 is 2.00 bits per heavy atom. The van der Waals surface area contributed by atoms with Crippen molar-refractivity contribution in [3.05, 3.63) is 35.6 Å². The van der Waals surface area contributed by atoms with E-state index in [9.17, 15) is 9.18 Å². The van der Waals surface area contributed by atoms with Gasteiger partial charge in [-0.3, -0.25) is 14.7 Å². The minimum Gasteiger partial charge on any atom is -0.357 e. The van der Waals surface area contributed by atoms with Crippen LogP contribution in [-0.4, -0.2) is 79.9 Å². The highest BCUT2D eigenvalue weighted by Crippen LogP contribution is 2.18. The number of benzene rings is 1. The van der Waals surface area contributed by atoms with E-state index < -0.39 is 0 Å². The van der Waals surface area contributed by atoms with Crippen LogP contribution in [0.1, 0.15) is 31.7 Å². The second kappa shape index (κ2) is 11.0. The maximum Gasteiger partial charge on any atom is 0.239 e. The molecule has 1 heterocycles. The molecule has 1 saturated heterocycles. The first kappa shape index (κ1) is 22.1. The zero-order valence-corrected chi connectivity index (χ0v) is 17.6. The third-order valence-electron chi connectivity index (χ3n) is 4.98. The second-order valence-corrected chi connectivity index (χ2v) is 7.50. The minimum atomic E-state index is -0.222. The first-order valence-electron chi connectivity index (χ1n) is 10.1. The maximum atomic E-state index is 13.1. The predicted molar refractivity (Wildman–Crippen MR) is 112 cm³/mol. The molecule has 6 nitrogen and oxygen atoms in total. The maximum absolute atomic E-state index is 13.1. The van der Waals surface area contributed by atoms with Gasteiger partial charge in [-0.25, -0.2) is 4.39 Å². The summed E-state index contributed by atoms with van der Waals surface area (Å²) in [7, 11) is 5.63. The van der Waals surface area contributed by atoms with E-state index in [4.69, 9.17) is 4.99 Å². The summed E-state index contributed by atoms with van der Waals surface area (Å²) in [5.74, 6) is 0.822. The number of hydrogen-bond donors (Lipinski definition) is 1. The van der Waals surface area contributed by atoms with E-state index in [1.165, 1.54) is 12.1 Å². The highest BCUT2D eigenvalue weighted by molar-refractivity contribution is 5.81. The summed E-state index contributed by atoms with van der Waals surface area (Å²) in [4.78, 5) is 23.0. The number of rotatable bonds is 8. The van der Waals surface area contributed by atoms with Crippen LogP contribution in [0.25, 0.3) is 0 Å². The molecule has 156 valence electrons. The molecule has 1 aromatic carbocycles. The van der Waals surface area contributed by atoms with Gasteiger partial charge in [0.2, 0.25) is 5.91 Å². The number of halogens is 1. The van der Waals surface area contributed by atoms with Crippen molar-refractivity contribution in [1.29, 1.82) is 0 Å². The molecule has 0 bridgehead atoms. The van der Waals surface area contributed by atoms with Crippen molar-refractivity contribution in [3.63, 3.8) is 0 Å². The van der Waals surface area contributed by atoms with Crippen molar-refractivity contribution in [2.24, 2.45) is 4.99 Å². The van der Waals surface area contributed by atoms with E-state index in [0.29, 0.717) is 13.1 Å². The average molecular weight is 392 g/mol. The summed E-state index contributed by atoms with van der Waals surface area (Å²) in [6, 6.07) is 6.58. The Kier molecular flexibility index (Phi) is 8.70. The molecule has 1 amide bonds. The SMILES string of the molecule is CCNC(=NCCCN1CCCC1C(=O)N(C)C)N(C)Cc1ccc(F)cc1. The molecular formula is C21H34FN5O. The fourth-order valence-electron chi connectivity index (χ4n) is 3.54. The molecule has 0 radical (unpaired) electrons. The van der Waals surface area contributed by atoms with Gasteiger partial charge in [0.25, 0.3) is 0 Å². The van der Waals surface area contributed by atoms with Gasteiger partial charge in [0.05, 0.1) is 6.04 Å². The number of hydrogen-bond acceptors (Lipinski definition) is 3. The first-order valence-corrected chi connectivity index (χ1v) is 10.1. The van der Waals surface area contributed by atoms with E-state index in [-0.39, 0.29) is 17.8 Å². The summed E-state index contributed by atoms with van der Waals surface area (Å²) in [6.07, 6.45) is 2.94. The minimum absolute atomic E-state index is 0.0216. The van der Waals surface area contributed by atoms with Gasteiger partial charge in [0, 0.05) is 47.3 Å². The molecule has 1 aliphatic heterocycles. The van der Waals surface area contributed by atoms with Crippen molar-refractivity contribution in [2.45, 2.75) is 38.8 Å². The predicted octanol–water partition coefficient (Wildman–Crippen LogP) is 2.17. The van der Waals surface area contributed by atoms with E-state index in [1.807, 2.05) is 33.0 Å². The topological polar surface area (TPSA) is 51.2 Å². The number of likely N-dealkylation sites (tertiary alicyclic amines) is 1. The van der Waals surface area contributed by atoms with E-state index in [1.54, 1.807) is 17.0 Å². The Balaban J connectivity index is 1.86. The molecule has 0 aliphatic carbocycles. The fourth-order valence-corrected chi connectivity index (χ4v) is 3.54. The Hall–Kier alpha value is -2.15. The molecule has 1 atom stereocenters. The lowest BCUT2D eigenvalue weighted by Crippen LogP contribution is -2.43. The highest BCUT2D eigenvalue weighted by atomic mass is 19.1. The number of carbonyl (C=O) groups is 1.